The molecular weight excluding hydrogens is 232 g/mol. The van der Waals surface area contributed by atoms with E-state index < -0.39 is 0 Å². The van der Waals surface area contributed by atoms with Gasteiger partial charge >= 0.3 is 0 Å². The van der Waals surface area contributed by atoms with Crippen molar-refractivity contribution in [2.75, 3.05) is 0 Å². The molecule has 0 unspecified atom stereocenters. The molecule has 4 heteroatoms. The van der Waals surface area contributed by atoms with Crippen LogP contribution in [0.25, 0.3) is 0 Å². The van der Waals surface area contributed by atoms with Crippen molar-refractivity contribution in [2.45, 2.75) is 13.8 Å². The molecule has 1 aromatic heterocycles. The summed E-state index contributed by atoms with van der Waals surface area (Å²) in [4.78, 5) is 12.5. The van der Waals surface area contributed by atoms with Crippen molar-refractivity contribution >= 4 is 17.1 Å². The summed E-state index contributed by atoms with van der Waals surface area (Å²) in [6.07, 6.45) is 0. The van der Waals surface area contributed by atoms with Crippen LogP contribution >= 0.6 is 12.2 Å². The van der Waals surface area contributed by atoms with E-state index in [1.807, 2.05) is 38.1 Å². The summed E-state index contributed by atoms with van der Waals surface area (Å²) in [6, 6.07) is 7.88. The van der Waals surface area contributed by atoms with Crippen LogP contribution in [0.15, 0.2) is 29.1 Å². The average Bonchev–Trinajstić information content (AvgIpc) is 2.53. The number of rotatable bonds is 2. The molecule has 0 atom stereocenters. The minimum Gasteiger partial charge on any atom is -0.300 e. The summed E-state index contributed by atoms with van der Waals surface area (Å²) in [5.41, 5.74) is 3.41. The number of benzene rings is 1. The fourth-order valence-corrected chi connectivity index (χ4v) is 2.18. The molecule has 1 heterocycles. The van der Waals surface area contributed by atoms with Gasteiger partial charge in [0.15, 0.2) is 0 Å². The van der Waals surface area contributed by atoms with Crippen LogP contribution < -0.4 is 5.56 Å². The van der Waals surface area contributed by atoms with E-state index in [9.17, 15) is 4.79 Å². The number of nitrogens with one attached hydrogen (secondary N) is 1. The molecule has 0 spiro atoms. The first-order valence-corrected chi connectivity index (χ1v) is 5.78. The Labute approximate surface area is 105 Å². The lowest BCUT2D eigenvalue weighted by molar-refractivity contribution is 0.731. The lowest BCUT2D eigenvalue weighted by Gasteiger charge is -2.02. The van der Waals surface area contributed by atoms with Crippen molar-refractivity contribution in [1.29, 1.82) is 0 Å². The zero-order valence-corrected chi connectivity index (χ0v) is 10.9. The first-order chi connectivity index (χ1) is 8.00. The van der Waals surface area contributed by atoms with Crippen LogP contribution in [0.3, 0.4) is 0 Å². The summed E-state index contributed by atoms with van der Waals surface area (Å²) in [5, 5.41) is 2.95. The highest BCUT2D eigenvalue weighted by molar-refractivity contribution is 7.81. The fourth-order valence-electron chi connectivity index (χ4n) is 1.80. The molecule has 88 valence electrons. The van der Waals surface area contributed by atoms with Gasteiger partial charge in [-0.15, -0.1) is 0 Å². The third-order valence-corrected chi connectivity index (χ3v) is 3.21. The van der Waals surface area contributed by atoms with Crippen molar-refractivity contribution in [3.05, 3.63) is 57.0 Å². The van der Waals surface area contributed by atoms with E-state index in [0.29, 0.717) is 10.4 Å². The van der Waals surface area contributed by atoms with Gasteiger partial charge in [0.1, 0.15) is 0 Å². The lowest BCUT2D eigenvalue weighted by atomic mass is 10.0. The SMILES string of the molecule is Cc1ccc(C(=S)c2c(C)[nH]n(C)c2=O)cc1. The maximum absolute atomic E-state index is 11.9. The highest BCUT2D eigenvalue weighted by Crippen LogP contribution is 2.11. The molecule has 0 amide bonds. The normalized spacial score (nSPS) is 10.5. The fraction of sp³-hybridized carbons (Fsp3) is 0.231. The monoisotopic (exact) mass is 246 g/mol. The lowest BCUT2D eigenvalue weighted by Crippen LogP contribution is -2.19. The van der Waals surface area contributed by atoms with E-state index >= 15 is 0 Å². The van der Waals surface area contributed by atoms with Crippen LogP contribution in [-0.4, -0.2) is 14.6 Å². The molecule has 17 heavy (non-hydrogen) atoms. The zero-order valence-electron chi connectivity index (χ0n) is 10.1. The molecule has 0 aliphatic carbocycles. The van der Waals surface area contributed by atoms with Gasteiger partial charge in [0, 0.05) is 12.7 Å². The molecule has 2 aromatic rings. The highest BCUT2D eigenvalue weighted by atomic mass is 32.1. The number of aromatic amines is 1. The second kappa shape index (κ2) is 4.30. The average molecular weight is 246 g/mol. The molecule has 1 aromatic carbocycles. The molecule has 0 aliphatic heterocycles. The van der Waals surface area contributed by atoms with Gasteiger partial charge in [0.25, 0.3) is 5.56 Å². The molecule has 3 nitrogen and oxygen atoms in total. The van der Waals surface area contributed by atoms with Crippen molar-refractivity contribution in [1.82, 2.24) is 9.78 Å². The van der Waals surface area contributed by atoms with Gasteiger partial charge in [-0.3, -0.25) is 14.6 Å². The molecule has 0 radical (unpaired) electrons. The minimum atomic E-state index is -0.0759. The van der Waals surface area contributed by atoms with Crippen LogP contribution in [0, 0.1) is 13.8 Å². The summed E-state index contributed by atoms with van der Waals surface area (Å²) in [5.74, 6) is 0. The van der Waals surface area contributed by atoms with E-state index in [1.165, 1.54) is 10.2 Å². The molecular formula is C13H14N2OS. The quantitative estimate of drug-likeness (QED) is 0.651. The number of H-pyrrole nitrogens is 1. The first kappa shape index (κ1) is 11.8. The van der Waals surface area contributed by atoms with Gasteiger partial charge < -0.3 is 0 Å². The van der Waals surface area contributed by atoms with E-state index in [0.717, 1.165) is 11.3 Å². The largest absolute Gasteiger partial charge is 0.300 e. The number of aromatic nitrogens is 2. The smallest absolute Gasteiger partial charge is 0.275 e. The van der Waals surface area contributed by atoms with Gasteiger partial charge in [0.05, 0.1) is 10.4 Å². The summed E-state index contributed by atoms with van der Waals surface area (Å²) < 4.78 is 1.45. The molecule has 2 rings (SSSR count). The number of nitrogens with zero attached hydrogens (tertiary/aromatic N) is 1. The second-order valence-corrected chi connectivity index (χ2v) is 4.58. The van der Waals surface area contributed by atoms with Crippen LogP contribution in [0.5, 0.6) is 0 Å². The van der Waals surface area contributed by atoms with Crippen LogP contribution in [0.1, 0.15) is 22.4 Å². The van der Waals surface area contributed by atoms with Crippen LogP contribution in [0.2, 0.25) is 0 Å². The second-order valence-electron chi connectivity index (χ2n) is 4.17. The van der Waals surface area contributed by atoms with Crippen molar-refractivity contribution in [3.63, 3.8) is 0 Å². The third kappa shape index (κ3) is 2.08. The Kier molecular flexibility index (Phi) is 2.98. The molecule has 0 fully saturated rings. The molecule has 1 N–H and O–H groups in total. The van der Waals surface area contributed by atoms with E-state index in [-0.39, 0.29) is 5.56 Å². The summed E-state index contributed by atoms with van der Waals surface area (Å²) in [7, 11) is 1.69. The predicted molar refractivity (Wildman–Crippen MR) is 72.8 cm³/mol. The Balaban J connectivity index is 2.51. The third-order valence-electron chi connectivity index (χ3n) is 2.77. The van der Waals surface area contributed by atoms with E-state index in [2.05, 4.69) is 5.10 Å². The number of aryl methyl sites for hydroxylation is 3. The standard InChI is InChI=1S/C13H14N2OS/c1-8-4-6-10(7-5-8)12(17)11-9(2)14-15(3)13(11)16/h4-7,14H,1-3H3. The Morgan fingerprint density at radius 3 is 2.29 bits per heavy atom. The Bertz CT molecular complexity index is 620. The Hall–Kier alpha value is -1.68. The van der Waals surface area contributed by atoms with Gasteiger partial charge in [-0.2, -0.15) is 0 Å². The molecule has 0 bridgehead atoms. The van der Waals surface area contributed by atoms with E-state index in [1.54, 1.807) is 7.05 Å². The van der Waals surface area contributed by atoms with E-state index in [4.69, 9.17) is 12.2 Å². The zero-order chi connectivity index (χ0) is 12.6. The Morgan fingerprint density at radius 1 is 1.24 bits per heavy atom. The van der Waals surface area contributed by atoms with Gasteiger partial charge in [-0.1, -0.05) is 42.0 Å². The van der Waals surface area contributed by atoms with Gasteiger partial charge in [0.2, 0.25) is 0 Å². The first-order valence-electron chi connectivity index (χ1n) is 5.37. The number of hydrogen-bond acceptors (Lipinski definition) is 2. The van der Waals surface area contributed by atoms with Crippen molar-refractivity contribution in [3.8, 4) is 0 Å². The Morgan fingerprint density at radius 2 is 1.82 bits per heavy atom. The number of thiocarbonyl (C=S) groups is 1. The predicted octanol–water partition coefficient (Wildman–Crippen LogP) is 2.10. The number of hydrogen-bond donors (Lipinski definition) is 1. The molecule has 0 saturated carbocycles. The highest BCUT2D eigenvalue weighted by Gasteiger charge is 2.15. The maximum Gasteiger partial charge on any atom is 0.275 e. The topological polar surface area (TPSA) is 37.8 Å². The van der Waals surface area contributed by atoms with Crippen molar-refractivity contribution in [2.24, 2.45) is 7.05 Å². The van der Waals surface area contributed by atoms with Crippen molar-refractivity contribution < 1.29 is 0 Å². The summed E-state index contributed by atoms with van der Waals surface area (Å²) >= 11 is 5.39. The molecule has 0 aliphatic rings. The summed E-state index contributed by atoms with van der Waals surface area (Å²) in [6.45, 7) is 3.88. The van der Waals surface area contributed by atoms with Crippen LogP contribution in [0.4, 0.5) is 0 Å². The van der Waals surface area contributed by atoms with Gasteiger partial charge in [-0.05, 0) is 19.4 Å². The van der Waals surface area contributed by atoms with Gasteiger partial charge in [-0.25, -0.2) is 0 Å². The maximum atomic E-state index is 11.9. The van der Waals surface area contributed by atoms with Crippen LogP contribution in [-0.2, 0) is 7.05 Å². The minimum absolute atomic E-state index is 0.0759. The molecule has 0 saturated heterocycles.